The van der Waals surface area contributed by atoms with E-state index in [4.69, 9.17) is 5.11 Å². The number of carboxylic acid groups (broad SMARTS) is 1. The van der Waals surface area contributed by atoms with E-state index in [2.05, 4.69) is 10.2 Å². The van der Waals surface area contributed by atoms with Gasteiger partial charge < -0.3 is 15.3 Å². The predicted molar refractivity (Wildman–Crippen MR) is 72.2 cm³/mol. The molecule has 4 heteroatoms. The molecule has 0 saturated carbocycles. The van der Waals surface area contributed by atoms with E-state index in [1.54, 1.807) is 12.1 Å². The molecule has 2 rings (SSSR count). The summed E-state index contributed by atoms with van der Waals surface area (Å²) < 4.78 is 0. The second kappa shape index (κ2) is 6.40. The molecular formula is C14H20N2O2. The van der Waals surface area contributed by atoms with Gasteiger partial charge in [-0.25, -0.2) is 4.79 Å². The first kappa shape index (κ1) is 12.9. The topological polar surface area (TPSA) is 52.6 Å². The number of hydrogen-bond donors (Lipinski definition) is 2. The lowest BCUT2D eigenvalue weighted by Crippen LogP contribution is -2.22. The van der Waals surface area contributed by atoms with Crippen molar-refractivity contribution in [2.75, 3.05) is 31.5 Å². The van der Waals surface area contributed by atoms with E-state index in [1.165, 1.54) is 25.9 Å². The maximum absolute atomic E-state index is 10.7. The first-order chi connectivity index (χ1) is 8.75. The smallest absolute Gasteiger partial charge is 0.335 e. The zero-order valence-electron chi connectivity index (χ0n) is 10.6. The number of carbonyl (C=O) groups is 1. The van der Waals surface area contributed by atoms with E-state index in [-0.39, 0.29) is 0 Å². The highest BCUT2D eigenvalue weighted by Gasteiger charge is 2.09. The van der Waals surface area contributed by atoms with Crippen LogP contribution in [0.25, 0.3) is 0 Å². The number of benzene rings is 1. The Labute approximate surface area is 108 Å². The summed E-state index contributed by atoms with van der Waals surface area (Å²) in [6.45, 7) is 4.57. The second-order valence-corrected chi connectivity index (χ2v) is 4.71. The van der Waals surface area contributed by atoms with Crippen LogP contribution < -0.4 is 5.32 Å². The van der Waals surface area contributed by atoms with E-state index in [1.807, 2.05) is 12.1 Å². The van der Waals surface area contributed by atoms with Crippen molar-refractivity contribution in [1.29, 1.82) is 0 Å². The summed E-state index contributed by atoms with van der Waals surface area (Å²) in [6, 6.07) is 6.90. The molecule has 2 N–H and O–H groups in total. The van der Waals surface area contributed by atoms with Crippen LogP contribution >= 0.6 is 0 Å². The van der Waals surface area contributed by atoms with Crippen LogP contribution in [0.2, 0.25) is 0 Å². The van der Waals surface area contributed by atoms with Gasteiger partial charge in [0.25, 0.3) is 0 Å². The van der Waals surface area contributed by atoms with Gasteiger partial charge >= 0.3 is 5.97 Å². The Balaban J connectivity index is 1.68. The van der Waals surface area contributed by atoms with Gasteiger partial charge in [-0.1, -0.05) is 0 Å². The molecule has 0 bridgehead atoms. The Hall–Kier alpha value is -1.55. The fraction of sp³-hybridized carbons (Fsp3) is 0.500. The fourth-order valence-electron chi connectivity index (χ4n) is 2.27. The van der Waals surface area contributed by atoms with Gasteiger partial charge in [-0.3, -0.25) is 0 Å². The molecule has 0 aliphatic carbocycles. The van der Waals surface area contributed by atoms with Gasteiger partial charge in [0.15, 0.2) is 0 Å². The van der Waals surface area contributed by atoms with Crippen molar-refractivity contribution in [1.82, 2.24) is 4.90 Å². The molecule has 0 radical (unpaired) electrons. The van der Waals surface area contributed by atoms with Crippen molar-refractivity contribution in [3.63, 3.8) is 0 Å². The number of nitrogens with zero attached hydrogens (tertiary/aromatic N) is 1. The standard InChI is InChI=1S/C14H20N2O2/c17-14(18)12-4-6-13(7-5-12)15-8-3-11-16-9-1-2-10-16/h4-7,15H,1-3,8-11H2,(H,17,18). The van der Waals surface area contributed by atoms with Gasteiger partial charge in [0.2, 0.25) is 0 Å². The molecule has 0 spiro atoms. The summed E-state index contributed by atoms with van der Waals surface area (Å²) in [4.78, 5) is 13.2. The minimum absolute atomic E-state index is 0.331. The van der Waals surface area contributed by atoms with Crippen molar-refractivity contribution in [2.24, 2.45) is 0 Å². The number of carboxylic acids is 1. The number of likely N-dealkylation sites (tertiary alicyclic amines) is 1. The fourth-order valence-corrected chi connectivity index (χ4v) is 2.27. The van der Waals surface area contributed by atoms with Crippen LogP contribution in [0.4, 0.5) is 5.69 Å². The van der Waals surface area contributed by atoms with Crippen LogP contribution in [-0.4, -0.2) is 42.2 Å². The first-order valence-corrected chi connectivity index (χ1v) is 6.55. The Kier molecular flexibility index (Phi) is 4.59. The molecule has 0 atom stereocenters. The highest BCUT2D eigenvalue weighted by molar-refractivity contribution is 5.87. The highest BCUT2D eigenvalue weighted by atomic mass is 16.4. The molecule has 0 amide bonds. The molecule has 18 heavy (non-hydrogen) atoms. The predicted octanol–water partition coefficient (Wildman–Crippen LogP) is 2.28. The average molecular weight is 248 g/mol. The Morgan fingerprint density at radius 2 is 1.89 bits per heavy atom. The third kappa shape index (κ3) is 3.74. The maximum atomic E-state index is 10.7. The van der Waals surface area contributed by atoms with Gasteiger partial charge in [0.05, 0.1) is 5.56 Å². The number of rotatable bonds is 6. The molecule has 1 heterocycles. The van der Waals surface area contributed by atoms with Crippen molar-refractivity contribution in [3.05, 3.63) is 29.8 Å². The number of anilines is 1. The van der Waals surface area contributed by atoms with Crippen LogP contribution in [-0.2, 0) is 0 Å². The molecule has 1 aliphatic rings. The van der Waals surface area contributed by atoms with Crippen LogP contribution in [0.3, 0.4) is 0 Å². The van der Waals surface area contributed by atoms with Crippen molar-refractivity contribution < 1.29 is 9.90 Å². The van der Waals surface area contributed by atoms with Gasteiger partial charge in [0, 0.05) is 12.2 Å². The van der Waals surface area contributed by atoms with Crippen LogP contribution in [0.5, 0.6) is 0 Å². The maximum Gasteiger partial charge on any atom is 0.335 e. The summed E-state index contributed by atoms with van der Waals surface area (Å²) in [5, 5.41) is 12.1. The summed E-state index contributed by atoms with van der Waals surface area (Å²) in [7, 11) is 0. The lowest BCUT2D eigenvalue weighted by atomic mass is 10.2. The molecule has 4 nitrogen and oxygen atoms in total. The molecule has 1 aliphatic heterocycles. The average Bonchev–Trinajstić information content (AvgIpc) is 2.88. The lowest BCUT2D eigenvalue weighted by Gasteiger charge is -2.14. The van der Waals surface area contributed by atoms with Crippen molar-refractivity contribution in [2.45, 2.75) is 19.3 Å². The molecule has 0 unspecified atom stereocenters. The monoisotopic (exact) mass is 248 g/mol. The summed E-state index contributed by atoms with van der Waals surface area (Å²) in [5.41, 5.74) is 1.32. The van der Waals surface area contributed by atoms with E-state index in [9.17, 15) is 4.79 Å². The Morgan fingerprint density at radius 3 is 2.50 bits per heavy atom. The summed E-state index contributed by atoms with van der Waals surface area (Å²) in [6.07, 6.45) is 3.80. The second-order valence-electron chi connectivity index (χ2n) is 4.71. The van der Waals surface area contributed by atoms with Crippen molar-refractivity contribution in [3.8, 4) is 0 Å². The van der Waals surface area contributed by atoms with Crippen molar-refractivity contribution >= 4 is 11.7 Å². The zero-order valence-corrected chi connectivity index (χ0v) is 10.6. The highest BCUT2D eigenvalue weighted by Crippen LogP contribution is 2.10. The largest absolute Gasteiger partial charge is 0.478 e. The normalized spacial score (nSPS) is 15.8. The number of hydrogen-bond acceptors (Lipinski definition) is 3. The van der Waals surface area contributed by atoms with E-state index in [0.717, 1.165) is 25.2 Å². The SMILES string of the molecule is O=C(O)c1ccc(NCCCN2CCCC2)cc1. The summed E-state index contributed by atoms with van der Waals surface area (Å²) >= 11 is 0. The van der Waals surface area contributed by atoms with Crippen LogP contribution in [0, 0.1) is 0 Å². The Bertz CT molecular complexity index is 383. The Morgan fingerprint density at radius 1 is 1.22 bits per heavy atom. The minimum atomic E-state index is -0.879. The third-order valence-corrected chi connectivity index (χ3v) is 3.31. The van der Waals surface area contributed by atoms with E-state index < -0.39 is 5.97 Å². The van der Waals surface area contributed by atoms with Crippen LogP contribution in [0.1, 0.15) is 29.6 Å². The molecule has 1 saturated heterocycles. The summed E-state index contributed by atoms with van der Waals surface area (Å²) in [5.74, 6) is -0.879. The van der Waals surface area contributed by atoms with Gasteiger partial charge in [-0.2, -0.15) is 0 Å². The molecule has 1 fully saturated rings. The van der Waals surface area contributed by atoms with E-state index in [0.29, 0.717) is 5.56 Å². The molecule has 1 aromatic rings. The minimum Gasteiger partial charge on any atom is -0.478 e. The number of nitrogens with one attached hydrogen (secondary N) is 1. The van der Waals surface area contributed by atoms with Crippen LogP contribution in [0.15, 0.2) is 24.3 Å². The number of aromatic carboxylic acids is 1. The molecule has 98 valence electrons. The quantitative estimate of drug-likeness (QED) is 0.758. The molecule has 1 aromatic carbocycles. The van der Waals surface area contributed by atoms with Gasteiger partial charge in [-0.15, -0.1) is 0 Å². The molecular weight excluding hydrogens is 228 g/mol. The third-order valence-electron chi connectivity index (χ3n) is 3.31. The van der Waals surface area contributed by atoms with Gasteiger partial charge in [0.1, 0.15) is 0 Å². The van der Waals surface area contributed by atoms with E-state index >= 15 is 0 Å². The zero-order chi connectivity index (χ0) is 12.8. The lowest BCUT2D eigenvalue weighted by molar-refractivity contribution is 0.0697. The first-order valence-electron chi connectivity index (χ1n) is 6.55. The molecule has 0 aromatic heterocycles. The van der Waals surface area contributed by atoms with Gasteiger partial charge in [-0.05, 0) is 63.2 Å².